The molecule has 1 aromatic rings. The van der Waals surface area contributed by atoms with E-state index in [1.165, 1.54) is 12.1 Å². The zero-order chi connectivity index (χ0) is 13.0. The molecule has 2 rings (SSSR count). The first-order valence-electron chi connectivity index (χ1n) is 6.06. The number of carbonyl (C=O) groups is 1. The molecule has 0 aromatic heterocycles. The van der Waals surface area contributed by atoms with Gasteiger partial charge in [0.2, 0.25) is 0 Å². The van der Waals surface area contributed by atoms with Crippen LogP contribution in [0.3, 0.4) is 0 Å². The van der Waals surface area contributed by atoms with Crippen molar-refractivity contribution in [2.45, 2.75) is 25.4 Å². The molecule has 0 radical (unpaired) electrons. The Bertz CT molecular complexity index is 410. The molecule has 0 aliphatic carbocycles. The van der Waals surface area contributed by atoms with Gasteiger partial charge in [-0.25, -0.2) is 4.39 Å². The lowest BCUT2D eigenvalue weighted by Gasteiger charge is -2.22. The first kappa shape index (κ1) is 12.8. The maximum absolute atomic E-state index is 13.4. The normalized spacial score (nSPS) is 19.5. The number of aromatic hydroxyl groups is 1. The second kappa shape index (κ2) is 5.82. The molecular weight excluding hydrogens is 237 g/mol. The summed E-state index contributed by atoms with van der Waals surface area (Å²) in [5, 5.41) is 12.1. The smallest absolute Gasteiger partial charge is 0.258 e. The summed E-state index contributed by atoms with van der Waals surface area (Å²) in [7, 11) is 0. The molecule has 1 unspecified atom stereocenters. The maximum Gasteiger partial charge on any atom is 0.258 e. The minimum Gasteiger partial charge on any atom is -0.507 e. The summed E-state index contributed by atoms with van der Waals surface area (Å²) < 4.78 is 18.9. The fourth-order valence-electron chi connectivity index (χ4n) is 2.00. The Morgan fingerprint density at radius 2 is 2.33 bits per heavy atom. The number of benzene rings is 1. The van der Waals surface area contributed by atoms with Crippen LogP contribution in [0.2, 0.25) is 0 Å². The number of hydrogen-bond acceptors (Lipinski definition) is 3. The van der Waals surface area contributed by atoms with E-state index in [1.54, 1.807) is 0 Å². The van der Waals surface area contributed by atoms with E-state index in [-0.39, 0.29) is 17.4 Å². The summed E-state index contributed by atoms with van der Waals surface area (Å²) >= 11 is 0. The number of ether oxygens (including phenoxy) is 1. The van der Waals surface area contributed by atoms with Gasteiger partial charge in [0.15, 0.2) is 0 Å². The van der Waals surface area contributed by atoms with Crippen molar-refractivity contribution < 1.29 is 19.0 Å². The molecule has 18 heavy (non-hydrogen) atoms. The van der Waals surface area contributed by atoms with Gasteiger partial charge in [-0.3, -0.25) is 4.79 Å². The third-order valence-corrected chi connectivity index (χ3v) is 2.98. The van der Waals surface area contributed by atoms with Gasteiger partial charge in [0.1, 0.15) is 17.1 Å². The van der Waals surface area contributed by atoms with E-state index in [4.69, 9.17) is 4.74 Å². The molecule has 1 aromatic carbocycles. The van der Waals surface area contributed by atoms with Crippen LogP contribution in [-0.2, 0) is 4.74 Å². The van der Waals surface area contributed by atoms with Crippen molar-refractivity contribution >= 4 is 5.91 Å². The van der Waals surface area contributed by atoms with Crippen LogP contribution in [0.15, 0.2) is 18.2 Å². The fourth-order valence-corrected chi connectivity index (χ4v) is 2.00. The fraction of sp³-hybridized carbons (Fsp3) is 0.462. The highest BCUT2D eigenvalue weighted by atomic mass is 19.1. The molecular formula is C13H16FNO3. The Morgan fingerprint density at radius 3 is 3.00 bits per heavy atom. The van der Waals surface area contributed by atoms with Crippen LogP contribution in [0, 0.1) is 5.82 Å². The van der Waals surface area contributed by atoms with Crippen LogP contribution in [0.1, 0.15) is 29.6 Å². The number of halogens is 1. The van der Waals surface area contributed by atoms with Crippen LogP contribution >= 0.6 is 0 Å². The van der Waals surface area contributed by atoms with Crippen LogP contribution in [0.4, 0.5) is 4.39 Å². The summed E-state index contributed by atoms with van der Waals surface area (Å²) in [5.41, 5.74) is -0.312. The van der Waals surface area contributed by atoms with Gasteiger partial charge >= 0.3 is 0 Å². The molecule has 1 fully saturated rings. The molecule has 0 saturated carbocycles. The van der Waals surface area contributed by atoms with E-state index in [9.17, 15) is 14.3 Å². The Kier molecular flexibility index (Phi) is 4.15. The van der Waals surface area contributed by atoms with Gasteiger partial charge in [-0.1, -0.05) is 6.07 Å². The molecule has 0 bridgehead atoms. The third-order valence-electron chi connectivity index (χ3n) is 2.98. The lowest BCUT2D eigenvalue weighted by molar-refractivity contribution is 0.0168. The predicted octanol–water partition coefficient (Wildman–Crippen LogP) is 1.83. The van der Waals surface area contributed by atoms with Crippen molar-refractivity contribution in [1.82, 2.24) is 5.32 Å². The SMILES string of the molecule is O=C(NCC1CCCCO1)c1c(O)cccc1F. The average molecular weight is 253 g/mol. The van der Waals surface area contributed by atoms with Gasteiger partial charge < -0.3 is 15.2 Å². The lowest BCUT2D eigenvalue weighted by atomic mass is 10.1. The summed E-state index contributed by atoms with van der Waals surface area (Å²) in [6, 6.07) is 3.78. The average Bonchev–Trinajstić information content (AvgIpc) is 2.37. The number of carbonyl (C=O) groups excluding carboxylic acids is 1. The van der Waals surface area contributed by atoms with Gasteiger partial charge in [-0.05, 0) is 31.4 Å². The monoisotopic (exact) mass is 253 g/mol. The zero-order valence-corrected chi connectivity index (χ0v) is 9.99. The molecule has 1 atom stereocenters. The number of rotatable bonds is 3. The van der Waals surface area contributed by atoms with Gasteiger partial charge in [-0.2, -0.15) is 0 Å². The number of amides is 1. The van der Waals surface area contributed by atoms with E-state index >= 15 is 0 Å². The number of hydrogen-bond donors (Lipinski definition) is 2. The van der Waals surface area contributed by atoms with E-state index < -0.39 is 11.7 Å². The Balaban J connectivity index is 1.95. The van der Waals surface area contributed by atoms with Crippen molar-refractivity contribution in [3.8, 4) is 5.75 Å². The Labute approximate surface area is 105 Å². The van der Waals surface area contributed by atoms with Crippen molar-refractivity contribution in [2.75, 3.05) is 13.2 Å². The lowest BCUT2D eigenvalue weighted by Crippen LogP contribution is -2.35. The second-order valence-corrected chi connectivity index (χ2v) is 4.33. The van der Waals surface area contributed by atoms with Crippen molar-refractivity contribution in [3.05, 3.63) is 29.6 Å². The van der Waals surface area contributed by atoms with Gasteiger partial charge in [0, 0.05) is 13.2 Å². The first-order chi connectivity index (χ1) is 8.68. The topological polar surface area (TPSA) is 58.6 Å². The van der Waals surface area contributed by atoms with Crippen molar-refractivity contribution in [3.63, 3.8) is 0 Å². The minimum absolute atomic E-state index is 0.0170. The quantitative estimate of drug-likeness (QED) is 0.864. The van der Waals surface area contributed by atoms with E-state index in [1.807, 2.05) is 0 Å². The van der Waals surface area contributed by atoms with E-state index in [2.05, 4.69) is 5.32 Å². The molecule has 1 aliphatic rings. The van der Waals surface area contributed by atoms with E-state index in [0.29, 0.717) is 13.2 Å². The molecule has 1 aliphatic heterocycles. The summed E-state index contributed by atoms with van der Waals surface area (Å²) in [6.07, 6.45) is 2.99. The molecule has 5 heteroatoms. The second-order valence-electron chi connectivity index (χ2n) is 4.33. The van der Waals surface area contributed by atoms with Crippen LogP contribution < -0.4 is 5.32 Å². The standard InChI is InChI=1S/C13H16FNO3/c14-10-5-3-6-11(16)12(10)13(17)15-8-9-4-1-2-7-18-9/h3,5-6,9,16H,1-2,4,7-8H2,(H,15,17). The molecule has 0 spiro atoms. The van der Waals surface area contributed by atoms with Crippen molar-refractivity contribution in [1.29, 1.82) is 0 Å². The third kappa shape index (κ3) is 2.98. The molecule has 1 heterocycles. The number of phenols is 1. The van der Waals surface area contributed by atoms with Crippen LogP contribution in [-0.4, -0.2) is 30.3 Å². The van der Waals surface area contributed by atoms with Gasteiger partial charge in [0.05, 0.1) is 6.10 Å². The van der Waals surface area contributed by atoms with Crippen molar-refractivity contribution in [2.24, 2.45) is 0 Å². The molecule has 1 saturated heterocycles. The zero-order valence-electron chi connectivity index (χ0n) is 9.99. The number of phenolic OH excluding ortho intramolecular Hbond substituents is 1. The Morgan fingerprint density at radius 1 is 1.50 bits per heavy atom. The number of nitrogens with one attached hydrogen (secondary N) is 1. The van der Waals surface area contributed by atoms with Crippen LogP contribution in [0.5, 0.6) is 5.75 Å². The Hall–Kier alpha value is -1.62. The molecule has 1 amide bonds. The summed E-state index contributed by atoms with van der Waals surface area (Å²) in [5.74, 6) is -1.69. The largest absolute Gasteiger partial charge is 0.507 e. The minimum atomic E-state index is -0.725. The molecule has 4 nitrogen and oxygen atoms in total. The maximum atomic E-state index is 13.4. The van der Waals surface area contributed by atoms with E-state index in [0.717, 1.165) is 25.3 Å². The van der Waals surface area contributed by atoms with Gasteiger partial charge in [-0.15, -0.1) is 0 Å². The highest BCUT2D eigenvalue weighted by Gasteiger charge is 2.19. The van der Waals surface area contributed by atoms with Gasteiger partial charge in [0.25, 0.3) is 5.91 Å². The highest BCUT2D eigenvalue weighted by Crippen LogP contribution is 2.19. The highest BCUT2D eigenvalue weighted by molar-refractivity contribution is 5.97. The summed E-state index contributed by atoms with van der Waals surface area (Å²) in [4.78, 5) is 11.8. The molecule has 2 N–H and O–H groups in total. The predicted molar refractivity (Wildman–Crippen MR) is 64.0 cm³/mol. The first-order valence-corrected chi connectivity index (χ1v) is 6.06. The van der Waals surface area contributed by atoms with Crippen LogP contribution in [0.25, 0.3) is 0 Å². The molecule has 98 valence electrons. The summed E-state index contributed by atoms with van der Waals surface area (Å²) in [6.45, 7) is 1.04.